The first kappa shape index (κ1) is 15.5. The molecule has 20 heavy (non-hydrogen) atoms. The van der Waals surface area contributed by atoms with Crippen molar-refractivity contribution in [3.63, 3.8) is 0 Å². The van der Waals surface area contributed by atoms with Crippen LogP contribution < -0.4 is 10.6 Å². The van der Waals surface area contributed by atoms with Crippen molar-refractivity contribution < 1.29 is 14.7 Å². The van der Waals surface area contributed by atoms with E-state index in [4.69, 9.17) is 10.4 Å². The smallest absolute Gasteiger partial charge is 0.326 e. The normalized spacial score (nSPS) is 11.2. The molecule has 6 heteroatoms. The van der Waals surface area contributed by atoms with Gasteiger partial charge in [0.2, 0.25) is 0 Å². The number of carbonyl (C=O) groups excluding carboxylic acids is 1. The van der Waals surface area contributed by atoms with Gasteiger partial charge in [0.15, 0.2) is 0 Å². The number of carboxylic acid groups (broad SMARTS) is 1. The van der Waals surface area contributed by atoms with Crippen molar-refractivity contribution in [3.8, 4) is 6.07 Å². The number of rotatable bonds is 6. The van der Waals surface area contributed by atoms with Crippen molar-refractivity contribution in [2.75, 3.05) is 5.32 Å². The van der Waals surface area contributed by atoms with Crippen molar-refractivity contribution in [1.82, 2.24) is 5.32 Å². The molecule has 0 radical (unpaired) electrons. The van der Waals surface area contributed by atoms with Crippen molar-refractivity contribution in [3.05, 3.63) is 29.8 Å². The second-order valence-corrected chi connectivity index (χ2v) is 4.31. The number of anilines is 1. The van der Waals surface area contributed by atoms with Crippen LogP contribution >= 0.6 is 0 Å². The molecule has 2 amide bonds. The molecular formula is C14H17N3O3. The lowest BCUT2D eigenvalue weighted by Crippen LogP contribution is -2.42. The first-order valence-corrected chi connectivity index (χ1v) is 6.33. The van der Waals surface area contributed by atoms with Crippen LogP contribution in [-0.2, 0) is 11.2 Å². The summed E-state index contributed by atoms with van der Waals surface area (Å²) >= 11 is 0. The Morgan fingerprint density at radius 2 is 2.00 bits per heavy atom. The predicted molar refractivity (Wildman–Crippen MR) is 74.2 cm³/mol. The quantitative estimate of drug-likeness (QED) is 0.740. The van der Waals surface area contributed by atoms with Crippen LogP contribution in [0.25, 0.3) is 0 Å². The van der Waals surface area contributed by atoms with Crippen LogP contribution in [0.5, 0.6) is 0 Å². The molecule has 0 unspecified atom stereocenters. The van der Waals surface area contributed by atoms with E-state index in [1.807, 2.05) is 13.0 Å². The lowest BCUT2D eigenvalue weighted by molar-refractivity contribution is -0.139. The number of nitriles is 1. The van der Waals surface area contributed by atoms with E-state index in [0.717, 1.165) is 5.56 Å². The average molecular weight is 275 g/mol. The van der Waals surface area contributed by atoms with Gasteiger partial charge in [-0.15, -0.1) is 0 Å². The highest BCUT2D eigenvalue weighted by molar-refractivity contribution is 5.92. The highest BCUT2D eigenvalue weighted by Crippen LogP contribution is 2.10. The number of carbonyl (C=O) groups is 2. The second kappa shape index (κ2) is 7.79. The van der Waals surface area contributed by atoms with Gasteiger partial charge >= 0.3 is 12.0 Å². The van der Waals surface area contributed by atoms with Crippen LogP contribution in [0.2, 0.25) is 0 Å². The molecule has 106 valence electrons. The van der Waals surface area contributed by atoms with E-state index in [0.29, 0.717) is 24.9 Å². The van der Waals surface area contributed by atoms with Gasteiger partial charge in [-0.1, -0.05) is 25.5 Å². The molecule has 0 fully saturated rings. The van der Waals surface area contributed by atoms with Crippen LogP contribution in [0.1, 0.15) is 25.3 Å². The average Bonchev–Trinajstić information content (AvgIpc) is 2.40. The predicted octanol–water partition coefficient (Wildman–Crippen LogP) is 2.13. The zero-order valence-electron chi connectivity index (χ0n) is 11.2. The van der Waals surface area contributed by atoms with Gasteiger partial charge in [0.25, 0.3) is 0 Å². The van der Waals surface area contributed by atoms with E-state index in [9.17, 15) is 9.59 Å². The Bertz CT molecular complexity index is 505. The number of hydrogen-bond acceptors (Lipinski definition) is 3. The van der Waals surface area contributed by atoms with Crippen LogP contribution in [0, 0.1) is 11.3 Å². The summed E-state index contributed by atoms with van der Waals surface area (Å²) in [5.74, 6) is -1.05. The number of aliphatic carboxylic acids is 1. The molecule has 0 heterocycles. The van der Waals surface area contributed by atoms with Crippen LogP contribution in [0.15, 0.2) is 24.3 Å². The molecule has 0 aliphatic rings. The van der Waals surface area contributed by atoms with Crippen molar-refractivity contribution in [2.24, 2.45) is 0 Å². The maximum atomic E-state index is 11.7. The first-order chi connectivity index (χ1) is 9.56. The van der Waals surface area contributed by atoms with Gasteiger partial charge < -0.3 is 15.7 Å². The Hall–Kier alpha value is -2.55. The Kier molecular flexibility index (Phi) is 6.04. The van der Waals surface area contributed by atoms with E-state index < -0.39 is 18.0 Å². The van der Waals surface area contributed by atoms with E-state index >= 15 is 0 Å². The maximum absolute atomic E-state index is 11.7. The minimum Gasteiger partial charge on any atom is -0.480 e. The first-order valence-electron chi connectivity index (χ1n) is 6.33. The number of nitrogens with zero attached hydrogens (tertiary/aromatic N) is 1. The number of nitrogens with one attached hydrogen (secondary N) is 2. The van der Waals surface area contributed by atoms with Gasteiger partial charge in [-0.25, -0.2) is 9.59 Å². The van der Waals surface area contributed by atoms with Crippen molar-refractivity contribution >= 4 is 17.7 Å². The molecule has 0 spiro atoms. The van der Waals surface area contributed by atoms with Crippen LogP contribution in [-0.4, -0.2) is 23.1 Å². The third kappa shape index (κ3) is 4.98. The zero-order valence-corrected chi connectivity index (χ0v) is 11.2. The third-order valence-corrected chi connectivity index (χ3v) is 2.68. The van der Waals surface area contributed by atoms with E-state index in [-0.39, 0.29) is 0 Å². The number of hydrogen-bond donors (Lipinski definition) is 3. The molecule has 1 aromatic rings. The van der Waals surface area contributed by atoms with Gasteiger partial charge in [0.1, 0.15) is 6.04 Å². The third-order valence-electron chi connectivity index (χ3n) is 2.68. The van der Waals surface area contributed by atoms with Crippen LogP contribution in [0.3, 0.4) is 0 Å². The molecule has 0 aliphatic carbocycles. The van der Waals surface area contributed by atoms with Crippen LogP contribution in [0.4, 0.5) is 10.5 Å². The second-order valence-electron chi connectivity index (χ2n) is 4.31. The molecule has 1 atom stereocenters. The summed E-state index contributed by atoms with van der Waals surface area (Å²) in [7, 11) is 0. The van der Waals surface area contributed by atoms with Gasteiger partial charge in [-0.05, 0) is 24.1 Å². The molecule has 1 rings (SSSR count). The van der Waals surface area contributed by atoms with Gasteiger partial charge in [-0.3, -0.25) is 0 Å². The summed E-state index contributed by atoms with van der Waals surface area (Å²) in [6.45, 7) is 1.85. The van der Waals surface area contributed by atoms with E-state index in [2.05, 4.69) is 10.6 Å². The zero-order chi connectivity index (χ0) is 15.0. The minimum atomic E-state index is -1.05. The standard InChI is InChI=1S/C14H17N3O3/c1-2-3-12(13(18)19)17-14(20)16-11-6-4-10(5-7-11)8-9-15/h4-7,12H,2-3,8H2,1H3,(H,18,19)(H2,16,17,20)/t12-/m1/s1. The number of benzene rings is 1. The number of urea groups is 1. The SMILES string of the molecule is CCC[C@@H](NC(=O)Nc1ccc(CC#N)cc1)C(=O)O. The molecule has 0 aromatic heterocycles. The summed E-state index contributed by atoms with van der Waals surface area (Å²) < 4.78 is 0. The van der Waals surface area contributed by atoms with Crippen molar-refractivity contribution in [1.29, 1.82) is 5.26 Å². The van der Waals surface area contributed by atoms with E-state index in [1.54, 1.807) is 24.3 Å². The molecule has 3 N–H and O–H groups in total. The summed E-state index contributed by atoms with van der Waals surface area (Å²) in [5, 5.41) is 22.5. The fraction of sp³-hybridized carbons (Fsp3) is 0.357. The van der Waals surface area contributed by atoms with Gasteiger partial charge in [-0.2, -0.15) is 5.26 Å². The molecule has 0 saturated carbocycles. The molecule has 0 saturated heterocycles. The van der Waals surface area contributed by atoms with E-state index in [1.165, 1.54) is 0 Å². The minimum absolute atomic E-state index is 0.310. The Balaban J connectivity index is 2.57. The molecule has 6 nitrogen and oxygen atoms in total. The highest BCUT2D eigenvalue weighted by Gasteiger charge is 2.18. The summed E-state index contributed by atoms with van der Waals surface area (Å²) in [6.07, 6.45) is 1.36. The largest absolute Gasteiger partial charge is 0.480 e. The fourth-order valence-electron chi connectivity index (χ4n) is 1.67. The molecule has 0 aliphatic heterocycles. The summed E-state index contributed by atoms with van der Waals surface area (Å²) in [4.78, 5) is 22.6. The maximum Gasteiger partial charge on any atom is 0.326 e. The number of amides is 2. The van der Waals surface area contributed by atoms with Gasteiger partial charge in [0, 0.05) is 5.69 Å². The topological polar surface area (TPSA) is 102 Å². The highest BCUT2D eigenvalue weighted by atomic mass is 16.4. The summed E-state index contributed by atoms with van der Waals surface area (Å²) in [5.41, 5.74) is 1.40. The lowest BCUT2D eigenvalue weighted by Gasteiger charge is -2.14. The van der Waals surface area contributed by atoms with Gasteiger partial charge in [0.05, 0.1) is 12.5 Å². The van der Waals surface area contributed by atoms with Crippen molar-refractivity contribution in [2.45, 2.75) is 32.2 Å². The molecular weight excluding hydrogens is 258 g/mol. The Morgan fingerprint density at radius 1 is 1.35 bits per heavy atom. The number of carboxylic acids is 1. The molecule has 1 aromatic carbocycles. The summed E-state index contributed by atoms with van der Waals surface area (Å²) in [6, 6.07) is 7.39. The molecule has 0 bridgehead atoms. The monoisotopic (exact) mass is 275 g/mol. The Labute approximate surface area is 117 Å². The lowest BCUT2D eigenvalue weighted by atomic mass is 10.1. The Morgan fingerprint density at radius 3 is 2.50 bits per heavy atom. The fourth-order valence-corrected chi connectivity index (χ4v) is 1.67.